The van der Waals surface area contributed by atoms with Crippen molar-refractivity contribution in [1.82, 2.24) is 4.90 Å². The lowest BCUT2D eigenvalue weighted by Crippen LogP contribution is -2.53. The number of hydrogen-bond donors (Lipinski definition) is 2. The maximum Gasteiger partial charge on any atom is 0.226 e. The molecule has 0 radical (unpaired) electrons. The summed E-state index contributed by atoms with van der Waals surface area (Å²) in [4.78, 5) is 14.7. The molecule has 2 aliphatic rings. The zero-order chi connectivity index (χ0) is 14.2. The van der Waals surface area contributed by atoms with Crippen LogP contribution in [0.4, 0.5) is 0 Å². The molecule has 1 amide bonds. The van der Waals surface area contributed by atoms with Gasteiger partial charge in [-0.15, -0.1) is 0 Å². The standard InChI is InChI=1S/C15H28N2O2/c1-10-13(16)7-6-12(15(10,2)3)14(19)17(8-9-18)11-4-5-11/h10-13,18H,4-9,16H2,1-3H3. The van der Waals surface area contributed by atoms with E-state index in [1.807, 2.05) is 4.90 Å². The minimum Gasteiger partial charge on any atom is -0.395 e. The predicted molar refractivity (Wildman–Crippen MR) is 75.5 cm³/mol. The highest BCUT2D eigenvalue weighted by Gasteiger charge is 2.47. The van der Waals surface area contributed by atoms with E-state index in [2.05, 4.69) is 20.8 Å². The van der Waals surface area contributed by atoms with Crippen LogP contribution in [-0.4, -0.2) is 41.1 Å². The topological polar surface area (TPSA) is 66.6 Å². The Morgan fingerprint density at radius 3 is 2.47 bits per heavy atom. The van der Waals surface area contributed by atoms with Crippen LogP contribution in [0.15, 0.2) is 0 Å². The lowest BCUT2D eigenvalue weighted by Gasteiger charge is -2.47. The Morgan fingerprint density at radius 1 is 1.32 bits per heavy atom. The first-order valence-corrected chi connectivity index (χ1v) is 7.56. The van der Waals surface area contributed by atoms with Gasteiger partial charge in [-0.1, -0.05) is 20.8 Å². The first kappa shape index (κ1) is 14.8. The van der Waals surface area contributed by atoms with E-state index < -0.39 is 0 Å². The summed E-state index contributed by atoms with van der Waals surface area (Å²) in [7, 11) is 0. The van der Waals surface area contributed by atoms with Gasteiger partial charge >= 0.3 is 0 Å². The number of nitrogens with two attached hydrogens (primary N) is 1. The van der Waals surface area contributed by atoms with Crippen LogP contribution in [0.3, 0.4) is 0 Å². The molecule has 2 rings (SSSR count). The number of carbonyl (C=O) groups is 1. The fourth-order valence-corrected chi connectivity index (χ4v) is 3.46. The molecule has 0 heterocycles. The molecular weight excluding hydrogens is 240 g/mol. The molecule has 19 heavy (non-hydrogen) atoms. The summed E-state index contributed by atoms with van der Waals surface area (Å²) in [6.45, 7) is 7.05. The smallest absolute Gasteiger partial charge is 0.226 e. The summed E-state index contributed by atoms with van der Waals surface area (Å²) in [6.07, 6.45) is 3.99. The van der Waals surface area contributed by atoms with Crippen molar-refractivity contribution in [3.8, 4) is 0 Å². The average molecular weight is 268 g/mol. The fourth-order valence-electron chi connectivity index (χ4n) is 3.46. The molecule has 0 aliphatic heterocycles. The summed E-state index contributed by atoms with van der Waals surface area (Å²) in [5.41, 5.74) is 6.10. The van der Waals surface area contributed by atoms with Crippen molar-refractivity contribution in [3.05, 3.63) is 0 Å². The molecule has 0 aromatic heterocycles. The zero-order valence-electron chi connectivity index (χ0n) is 12.4. The quantitative estimate of drug-likeness (QED) is 0.809. The van der Waals surface area contributed by atoms with E-state index in [1.54, 1.807) is 0 Å². The second-order valence-corrected chi connectivity index (χ2v) is 6.89. The molecule has 4 nitrogen and oxygen atoms in total. The Balaban J connectivity index is 2.12. The van der Waals surface area contributed by atoms with Crippen molar-refractivity contribution in [2.45, 2.75) is 58.5 Å². The number of aliphatic hydroxyl groups is 1. The minimum absolute atomic E-state index is 0.0504. The number of carbonyl (C=O) groups excluding carboxylic acids is 1. The molecule has 110 valence electrons. The molecule has 3 atom stereocenters. The summed E-state index contributed by atoms with van der Waals surface area (Å²) in [5.74, 6) is 0.639. The van der Waals surface area contributed by atoms with Crippen molar-refractivity contribution < 1.29 is 9.90 Å². The van der Waals surface area contributed by atoms with E-state index in [0.29, 0.717) is 18.5 Å². The molecule has 0 aromatic rings. The van der Waals surface area contributed by atoms with E-state index in [-0.39, 0.29) is 29.9 Å². The summed E-state index contributed by atoms with van der Waals surface area (Å²) in [6, 6.07) is 0.577. The van der Waals surface area contributed by atoms with Crippen LogP contribution in [-0.2, 0) is 4.79 Å². The van der Waals surface area contributed by atoms with Crippen LogP contribution in [0.2, 0.25) is 0 Å². The van der Waals surface area contributed by atoms with Gasteiger partial charge in [0.1, 0.15) is 0 Å². The van der Waals surface area contributed by atoms with Crippen LogP contribution < -0.4 is 5.73 Å². The van der Waals surface area contributed by atoms with E-state index >= 15 is 0 Å². The normalized spacial score (nSPS) is 34.1. The second kappa shape index (κ2) is 5.41. The van der Waals surface area contributed by atoms with Gasteiger partial charge in [-0.2, -0.15) is 0 Å². The third-order valence-electron chi connectivity index (χ3n) is 5.41. The molecular formula is C15H28N2O2. The molecule has 2 aliphatic carbocycles. The largest absolute Gasteiger partial charge is 0.395 e. The highest BCUT2D eigenvalue weighted by Crippen LogP contribution is 2.46. The van der Waals surface area contributed by atoms with Crippen LogP contribution in [0.25, 0.3) is 0 Å². The molecule has 3 N–H and O–H groups in total. The van der Waals surface area contributed by atoms with Gasteiger partial charge in [0.25, 0.3) is 0 Å². The van der Waals surface area contributed by atoms with Crippen molar-refractivity contribution in [2.24, 2.45) is 23.0 Å². The van der Waals surface area contributed by atoms with Gasteiger partial charge in [0.15, 0.2) is 0 Å². The Kier molecular flexibility index (Phi) is 4.21. The number of rotatable bonds is 4. The lowest BCUT2D eigenvalue weighted by molar-refractivity contribution is -0.144. The third kappa shape index (κ3) is 2.79. The van der Waals surface area contributed by atoms with Crippen LogP contribution >= 0.6 is 0 Å². The molecule has 0 spiro atoms. The van der Waals surface area contributed by atoms with Crippen molar-refractivity contribution in [3.63, 3.8) is 0 Å². The van der Waals surface area contributed by atoms with E-state index in [1.165, 1.54) is 0 Å². The maximum absolute atomic E-state index is 12.8. The Hall–Kier alpha value is -0.610. The molecule has 0 aromatic carbocycles. The van der Waals surface area contributed by atoms with E-state index in [4.69, 9.17) is 5.73 Å². The monoisotopic (exact) mass is 268 g/mol. The van der Waals surface area contributed by atoms with Gasteiger partial charge in [-0.25, -0.2) is 0 Å². The van der Waals surface area contributed by atoms with Crippen molar-refractivity contribution in [2.75, 3.05) is 13.2 Å². The molecule has 0 bridgehead atoms. The van der Waals surface area contributed by atoms with Gasteiger partial charge < -0.3 is 15.7 Å². The van der Waals surface area contributed by atoms with E-state index in [9.17, 15) is 9.90 Å². The van der Waals surface area contributed by atoms with Gasteiger partial charge in [0, 0.05) is 24.5 Å². The lowest BCUT2D eigenvalue weighted by atomic mass is 9.60. The fraction of sp³-hybridized carbons (Fsp3) is 0.933. The molecule has 2 saturated carbocycles. The third-order valence-corrected chi connectivity index (χ3v) is 5.41. The molecule has 3 unspecified atom stereocenters. The van der Waals surface area contributed by atoms with Gasteiger partial charge in [-0.05, 0) is 37.0 Å². The second-order valence-electron chi connectivity index (χ2n) is 6.89. The van der Waals surface area contributed by atoms with Crippen LogP contribution in [0.1, 0.15) is 46.5 Å². The summed E-state index contributed by atoms with van der Waals surface area (Å²) >= 11 is 0. The minimum atomic E-state index is -0.0582. The summed E-state index contributed by atoms with van der Waals surface area (Å²) < 4.78 is 0. The number of hydrogen-bond acceptors (Lipinski definition) is 3. The molecule has 2 fully saturated rings. The zero-order valence-corrected chi connectivity index (χ0v) is 12.4. The van der Waals surface area contributed by atoms with E-state index in [0.717, 1.165) is 25.7 Å². The van der Waals surface area contributed by atoms with Gasteiger partial charge in [0.2, 0.25) is 5.91 Å². The van der Waals surface area contributed by atoms with Crippen molar-refractivity contribution in [1.29, 1.82) is 0 Å². The Labute approximate surface area is 116 Å². The molecule has 4 heteroatoms. The SMILES string of the molecule is CC1C(N)CCC(C(=O)N(CCO)C2CC2)C1(C)C. The van der Waals surface area contributed by atoms with Gasteiger partial charge in [0.05, 0.1) is 6.61 Å². The summed E-state index contributed by atoms with van der Waals surface area (Å²) in [5, 5.41) is 9.17. The highest BCUT2D eigenvalue weighted by atomic mass is 16.3. The maximum atomic E-state index is 12.8. The Morgan fingerprint density at radius 2 is 1.95 bits per heavy atom. The van der Waals surface area contributed by atoms with Gasteiger partial charge in [-0.3, -0.25) is 4.79 Å². The first-order chi connectivity index (χ1) is 8.89. The predicted octanol–water partition coefficient (Wildman–Crippen LogP) is 1.37. The van der Waals surface area contributed by atoms with Crippen LogP contribution in [0, 0.1) is 17.3 Å². The average Bonchev–Trinajstić information content (AvgIpc) is 3.17. The molecule has 0 saturated heterocycles. The number of amides is 1. The Bertz CT molecular complexity index is 339. The first-order valence-electron chi connectivity index (χ1n) is 7.56. The van der Waals surface area contributed by atoms with Crippen LogP contribution in [0.5, 0.6) is 0 Å². The highest BCUT2D eigenvalue weighted by molar-refractivity contribution is 5.80. The van der Waals surface area contributed by atoms with Crippen molar-refractivity contribution >= 4 is 5.91 Å². The number of aliphatic hydroxyl groups excluding tert-OH is 1. The number of nitrogens with zero attached hydrogens (tertiary/aromatic N) is 1.